The number of anilines is 1. The van der Waals surface area contributed by atoms with Gasteiger partial charge in [-0.3, -0.25) is 4.79 Å². The number of hydrogen-bond donors (Lipinski definition) is 1. The second-order valence-corrected chi connectivity index (χ2v) is 6.81. The molecule has 0 spiro atoms. The number of nitrogens with one attached hydrogen (secondary N) is 1. The molecule has 2 aromatic rings. The number of aryl methyl sites for hydroxylation is 1. The number of unbranched alkanes of at least 4 members (excludes halogenated alkanes) is 3. The van der Waals surface area contributed by atoms with Gasteiger partial charge in [-0.15, -0.1) is 0 Å². The highest BCUT2D eigenvalue weighted by atomic mass is 16.5. The van der Waals surface area contributed by atoms with Crippen LogP contribution in [0.25, 0.3) is 6.08 Å². The lowest BCUT2D eigenvalue weighted by Crippen LogP contribution is -2.13. The van der Waals surface area contributed by atoms with E-state index in [4.69, 9.17) is 9.47 Å². The van der Waals surface area contributed by atoms with Gasteiger partial charge in [-0.25, -0.2) is 0 Å². The number of carbonyl (C=O) groups excluding carboxylic acids is 1. The van der Waals surface area contributed by atoms with Crippen LogP contribution in [-0.4, -0.2) is 19.6 Å². The molecule has 1 N–H and O–H groups in total. The van der Waals surface area contributed by atoms with E-state index < -0.39 is 5.91 Å². The fourth-order valence-corrected chi connectivity index (χ4v) is 2.75. The zero-order valence-electron chi connectivity index (χ0n) is 17.3. The Balaban J connectivity index is 2.08. The van der Waals surface area contributed by atoms with E-state index in [0.29, 0.717) is 29.4 Å². The second kappa shape index (κ2) is 11.6. The van der Waals surface area contributed by atoms with E-state index in [-0.39, 0.29) is 5.57 Å². The number of rotatable bonds is 10. The maximum atomic E-state index is 12.4. The minimum Gasteiger partial charge on any atom is -0.493 e. The van der Waals surface area contributed by atoms with Crippen molar-refractivity contribution in [3.05, 3.63) is 59.2 Å². The standard InChI is InChI=1S/C24H28N2O3/c1-4-5-6-7-14-29-22-13-10-19(16-23(22)28-3)15-20(17-25)24(27)26-21-11-8-18(2)9-12-21/h8-13,15-16H,4-7,14H2,1-3H3,(H,26,27)/b20-15+. The lowest BCUT2D eigenvalue weighted by molar-refractivity contribution is -0.112. The van der Waals surface area contributed by atoms with Gasteiger partial charge in [0.2, 0.25) is 0 Å². The molecular formula is C24H28N2O3. The first-order valence-corrected chi connectivity index (χ1v) is 9.88. The molecule has 0 aliphatic heterocycles. The van der Waals surface area contributed by atoms with E-state index >= 15 is 0 Å². The van der Waals surface area contributed by atoms with Crippen molar-refractivity contribution >= 4 is 17.7 Å². The van der Waals surface area contributed by atoms with Gasteiger partial charge in [0.15, 0.2) is 11.5 Å². The normalized spacial score (nSPS) is 10.9. The Kier molecular flexibility index (Phi) is 8.78. The molecule has 0 bridgehead atoms. The third-order valence-corrected chi connectivity index (χ3v) is 4.43. The number of carbonyl (C=O) groups is 1. The molecule has 0 heterocycles. The number of ether oxygens (including phenoxy) is 2. The summed E-state index contributed by atoms with van der Waals surface area (Å²) in [6, 6.07) is 14.7. The van der Waals surface area contributed by atoms with Gasteiger partial charge in [-0.2, -0.15) is 5.26 Å². The zero-order chi connectivity index (χ0) is 21.1. The van der Waals surface area contributed by atoms with E-state index in [1.807, 2.05) is 25.1 Å². The number of amides is 1. The van der Waals surface area contributed by atoms with Crippen molar-refractivity contribution in [1.29, 1.82) is 5.26 Å². The van der Waals surface area contributed by atoms with Crippen molar-refractivity contribution in [3.8, 4) is 17.6 Å². The molecule has 0 aromatic heterocycles. The first kappa shape index (κ1) is 22.0. The van der Waals surface area contributed by atoms with Crippen LogP contribution in [-0.2, 0) is 4.79 Å². The molecule has 152 valence electrons. The van der Waals surface area contributed by atoms with Crippen LogP contribution < -0.4 is 14.8 Å². The Bertz CT molecular complexity index is 880. The van der Waals surface area contributed by atoms with Crippen molar-refractivity contribution in [2.24, 2.45) is 0 Å². The smallest absolute Gasteiger partial charge is 0.266 e. The molecule has 0 saturated carbocycles. The van der Waals surface area contributed by atoms with Gasteiger partial charge in [-0.1, -0.05) is 49.9 Å². The summed E-state index contributed by atoms with van der Waals surface area (Å²) in [7, 11) is 1.57. The molecule has 0 atom stereocenters. The average Bonchev–Trinajstić information content (AvgIpc) is 2.73. The highest BCUT2D eigenvalue weighted by Crippen LogP contribution is 2.29. The maximum absolute atomic E-state index is 12.4. The number of methoxy groups -OCH3 is 1. The molecule has 0 fully saturated rings. The quantitative estimate of drug-likeness (QED) is 0.329. The SMILES string of the molecule is CCCCCCOc1ccc(/C=C(\C#N)C(=O)Nc2ccc(C)cc2)cc1OC. The molecule has 2 rings (SSSR count). The first-order chi connectivity index (χ1) is 14.1. The highest BCUT2D eigenvalue weighted by Gasteiger charge is 2.11. The minimum absolute atomic E-state index is 0.0147. The van der Waals surface area contributed by atoms with Gasteiger partial charge >= 0.3 is 0 Å². The number of benzene rings is 2. The molecule has 0 unspecified atom stereocenters. The van der Waals surface area contributed by atoms with Crippen molar-refractivity contribution < 1.29 is 14.3 Å². The largest absolute Gasteiger partial charge is 0.493 e. The molecule has 5 heteroatoms. The van der Waals surface area contributed by atoms with Crippen molar-refractivity contribution in [3.63, 3.8) is 0 Å². The zero-order valence-corrected chi connectivity index (χ0v) is 17.3. The molecule has 5 nitrogen and oxygen atoms in total. The highest BCUT2D eigenvalue weighted by molar-refractivity contribution is 6.09. The maximum Gasteiger partial charge on any atom is 0.266 e. The van der Waals surface area contributed by atoms with Crippen molar-refractivity contribution in [2.45, 2.75) is 39.5 Å². The second-order valence-electron chi connectivity index (χ2n) is 6.81. The third-order valence-electron chi connectivity index (χ3n) is 4.43. The van der Waals surface area contributed by atoms with Crippen LogP contribution in [0.1, 0.15) is 43.7 Å². The molecule has 0 radical (unpaired) electrons. The lowest BCUT2D eigenvalue weighted by Gasteiger charge is -2.11. The van der Waals surface area contributed by atoms with Gasteiger partial charge in [0.05, 0.1) is 13.7 Å². The summed E-state index contributed by atoms with van der Waals surface area (Å²) >= 11 is 0. The summed E-state index contributed by atoms with van der Waals surface area (Å²) in [6.45, 7) is 4.78. The monoisotopic (exact) mass is 392 g/mol. The Morgan fingerprint density at radius 3 is 2.52 bits per heavy atom. The van der Waals surface area contributed by atoms with Crippen LogP contribution in [0, 0.1) is 18.3 Å². The van der Waals surface area contributed by atoms with Crippen LogP contribution in [0.3, 0.4) is 0 Å². The summed E-state index contributed by atoms with van der Waals surface area (Å²) in [5.74, 6) is 0.779. The van der Waals surface area contributed by atoms with Crippen LogP contribution in [0.5, 0.6) is 11.5 Å². The predicted molar refractivity (Wildman–Crippen MR) is 116 cm³/mol. The fraction of sp³-hybridized carbons (Fsp3) is 0.333. The summed E-state index contributed by atoms with van der Waals surface area (Å²) in [5.41, 5.74) is 2.45. The minimum atomic E-state index is -0.452. The molecule has 0 aliphatic carbocycles. The van der Waals surface area contributed by atoms with Crippen LogP contribution in [0.2, 0.25) is 0 Å². The number of hydrogen-bond acceptors (Lipinski definition) is 4. The Labute approximate surface area is 173 Å². The fourth-order valence-electron chi connectivity index (χ4n) is 2.75. The van der Waals surface area contributed by atoms with Crippen LogP contribution in [0.15, 0.2) is 48.0 Å². The number of nitriles is 1. The van der Waals surface area contributed by atoms with Gasteiger partial charge in [-0.05, 0) is 49.2 Å². The van der Waals surface area contributed by atoms with Crippen molar-refractivity contribution in [2.75, 3.05) is 19.0 Å². The molecular weight excluding hydrogens is 364 g/mol. The van der Waals surface area contributed by atoms with Gasteiger partial charge < -0.3 is 14.8 Å². The molecule has 29 heavy (non-hydrogen) atoms. The Morgan fingerprint density at radius 1 is 1.10 bits per heavy atom. The first-order valence-electron chi connectivity index (χ1n) is 9.88. The van der Waals surface area contributed by atoms with Gasteiger partial charge in [0.25, 0.3) is 5.91 Å². The summed E-state index contributed by atoms with van der Waals surface area (Å²) in [5, 5.41) is 12.2. The van der Waals surface area contributed by atoms with E-state index in [1.54, 1.807) is 37.4 Å². The van der Waals surface area contributed by atoms with E-state index in [1.165, 1.54) is 18.9 Å². The predicted octanol–water partition coefficient (Wildman–Crippen LogP) is 5.51. The Hall–Kier alpha value is -3.26. The van der Waals surface area contributed by atoms with Gasteiger partial charge in [0, 0.05) is 5.69 Å². The summed E-state index contributed by atoms with van der Waals surface area (Å²) in [6.07, 6.45) is 6.06. The van der Waals surface area contributed by atoms with E-state index in [2.05, 4.69) is 12.2 Å². The topological polar surface area (TPSA) is 71.3 Å². The Morgan fingerprint density at radius 2 is 1.86 bits per heavy atom. The summed E-state index contributed by atoms with van der Waals surface area (Å²) in [4.78, 5) is 12.4. The average molecular weight is 392 g/mol. The van der Waals surface area contributed by atoms with Crippen LogP contribution in [0.4, 0.5) is 5.69 Å². The van der Waals surface area contributed by atoms with E-state index in [0.717, 1.165) is 18.4 Å². The van der Waals surface area contributed by atoms with Crippen LogP contribution >= 0.6 is 0 Å². The third kappa shape index (κ3) is 7.00. The van der Waals surface area contributed by atoms with Crippen molar-refractivity contribution in [1.82, 2.24) is 0 Å². The molecule has 0 aliphatic rings. The number of nitrogens with zero attached hydrogens (tertiary/aromatic N) is 1. The van der Waals surface area contributed by atoms with E-state index in [9.17, 15) is 10.1 Å². The molecule has 2 aromatic carbocycles. The molecule has 0 saturated heterocycles. The molecule has 1 amide bonds. The lowest BCUT2D eigenvalue weighted by atomic mass is 10.1. The summed E-state index contributed by atoms with van der Waals surface area (Å²) < 4.78 is 11.2. The van der Waals surface area contributed by atoms with Gasteiger partial charge in [0.1, 0.15) is 11.6 Å².